The van der Waals surface area contributed by atoms with Crippen molar-refractivity contribution in [2.75, 3.05) is 14.2 Å². The second kappa shape index (κ2) is 5.81. The fourth-order valence-electron chi connectivity index (χ4n) is 1.40. The normalized spacial score (nSPS) is 13.5. The van der Waals surface area contributed by atoms with Crippen LogP contribution in [-0.4, -0.2) is 30.3 Å². The van der Waals surface area contributed by atoms with Crippen LogP contribution in [0.4, 0.5) is 13.2 Å². The molecular formula is C10H14F3N3O. The van der Waals surface area contributed by atoms with Gasteiger partial charge in [0.2, 0.25) is 5.88 Å². The first-order valence-electron chi connectivity index (χ1n) is 5.06. The van der Waals surface area contributed by atoms with Crippen LogP contribution in [-0.2, 0) is 0 Å². The zero-order valence-corrected chi connectivity index (χ0v) is 9.58. The minimum absolute atomic E-state index is 0.0693. The molecule has 0 saturated carbocycles. The number of rotatable bonds is 5. The first kappa shape index (κ1) is 13.7. The largest absolute Gasteiger partial charge is 0.481 e. The molecule has 0 spiro atoms. The lowest BCUT2D eigenvalue weighted by atomic mass is 10.1. The first-order chi connectivity index (χ1) is 7.96. The Morgan fingerprint density at radius 3 is 2.65 bits per heavy atom. The molecule has 0 aromatic carbocycles. The number of nitrogens with one attached hydrogen (secondary N) is 1. The van der Waals surface area contributed by atoms with E-state index in [1.807, 2.05) is 0 Å². The Balaban J connectivity index is 2.72. The van der Waals surface area contributed by atoms with Crippen molar-refractivity contribution in [2.24, 2.45) is 0 Å². The van der Waals surface area contributed by atoms with Gasteiger partial charge in [0.25, 0.3) is 0 Å². The van der Waals surface area contributed by atoms with Crippen molar-refractivity contribution in [3.05, 3.63) is 18.1 Å². The van der Waals surface area contributed by atoms with E-state index < -0.39 is 18.6 Å². The number of hydrogen-bond donors (Lipinski definition) is 1. The Bertz CT molecular complexity index is 357. The molecule has 0 fully saturated rings. The summed E-state index contributed by atoms with van der Waals surface area (Å²) in [5.41, 5.74) is 0.489. The SMILES string of the molecule is CNC(CCC(F)(F)F)c1cc(OC)ncn1. The fraction of sp³-hybridized carbons (Fsp3) is 0.600. The third-order valence-corrected chi connectivity index (χ3v) is 2.29. The van der Waals surface area contributed by atoms with E-state index in [1.54, 1.807) is 7.05 Å². The molecule has 0 amide bonds. The lowest BCUT2D eigenvalue weighted by molar-refractivity contribution is -0.136. The molecule has 0 bridgehead atoms. The second-order valence-corrected chi connectivity index (χ2v) is 3.48. The van der Waals surface area contributed by atoms with Crippen LogP contribution in [0.25, 0.3) is 0 Å². The molecular weight excluding hydrogens is 235 g/mol. The van der Waals surface area contributed by atoms with E-state index in [-0.39, 0.29) is 6.42 Å². The maximum absolute atomic E-state index is 12.1. The number of hydrogen-bond acceptors (Lipinski definition) is 4. The van der Waals surface area contributed by atoms with E-state index >= 15 is 0 Å². The number of methoxy groups -OCH3 is 1. The third-order valence-electron chi connectivity index (χ3n) is 2.29. The van der Waals surface area contributed by atoms with Crippen molar-refractivity contribution in [1.29, 1.82) is 0 Å². The summed E-state index contributed by atoms with van der Waals surface area (Å²) in [7, 11) is 3.03. The summed E-state index contributed by atoms with van der Waals surface area (Å²) in [5.74, 6) is 0.335. The highest BCUT2D eigenvalue weighted by atomic mass is 19.4. The number of halogens is 3. The Hall–Kier alpha value is -1.37. The van der Waals surface area contributed by atoms with E-state index in [9.17, 15) is 13.2 Å². The predicted molar refractivity (Wildman–Crippen MR) is 55.7 cm³/mol. The summed E-state index contributed by atoms with van der Waals surface area (Å²) in [6.07, 6.45) is -3.82. The molecule has 4 nitrogen and oxygen atoms in total. The van der Waals surface area contributed by atoms with Crippen LogP contribution in [0, 0.1) is 0 Å². The van der Waals surface area contributed by atoms with E-state index in [2.05, 4.69) is 15.3 Å². The Morgan fingerprint density at radius 2 is 2.12 bits per heavy atom. The second-order valence-electron chi connectivity index (χ2n) is 3.48. The molecule has 0 aliphatic carbocycles. The van der Waals surface area contributed by atoms with Gasteiger partial charge in [0.1, 0.15) is 6.33 Å². The third kappa shape index (κ3) is 4.56. The average Bonchev–Trinajstić information content (AvgIpc) is 2.29. The Kier molecular flexibility index (Phi) is 4.68. The van der Waals surface area contributed by atoms with Gasteiger partial charge in [0.15, 0.2) is 0 Å². The summed E-state index contributed by atoms with van der Waals surface area (Å²) in [6.45, 7) is 0. The van der Waals surface area contributed by atoms with Crippen molar-refractivity contribution >= 4 is 0 Å². The minimum atomic E-state index is -4.16. The van der Waals surface area contributed by atoms with Gasteiger partial charge < -0.3 is 10.1 Å². The zero-order chi connectivity index (χ0) is 12.9. The van der Waals surface area contributed by atoms with E-state index in [0.29, 0.717) is 11.6 Å². The monoisotopic (exact) mass is 249 g/mol. The fourth-order valence-corrected chi connectivity index (χ4v) is 1.40. The maximum atomic E-state index is 12.1. The minimum Gasteiger partial charge on any atom is -0.481 e. The Morgan fingerprint density at radius 1 is 1.41 bits per heavy atom. The topological polar surface area (TPSA) is 47.0 Å². The maximum Gasteiger partial charge on any atom is 0.389 e. The summed E-state index contributed by atoms with van der Waals surface area (Å²) in [5, 5.41) is 2.80. The van der Waals surface area contributed by atoms with Crippen LogP contribution in [0.5, 0.6) is 5.88 Å². The van der Waals surface area contributed by atoms with Crippen LogP contribution in [0.1, 0.15) is 24.6 Å². The molecule has 1 aromatic rings. The van der Waals surface area contributed by atoms with Gasteiger partial charge in [0, 0.05) is 18.5 Å². The molecule has 1 aromatic heterocycles. The molecule has 7 heteroatoms. The molecule has 0 aliphatic rings. The van der Waals surface area contributed by atoms with Crippen LogP contribution < -0.4 is 10.1 Å². The van der Waals surface area contributed by atoms with Crippen molar-refractivity contribution in [1.82, 2.24) is 15.3 Å². The lowest BCUT2D eigenvalue weighted by Gasteiger charge is -2.16. The molecule has 1 atom stereocenters. The highest BCUT2D eigenvalue weighted by Crippen LogP contribution is 2.27. The lowest BCUT2D eigenvalue weighted by Crippen LogP contribution is -2.20. The summed E-state index contributed by atoms with van der Waals surface area (Å²) in [6, 6.07) is 1.06. The quantitative estimate of drug-likeness (QED) is 0.868. The van der Waals surface area contributed by atoms with Gasteiger partial charge in [-0.15, -0.1) is 0 Å². The van der Waals surface area contributed by atoms with Gasteiger partial charge in [-0.3, -0.25) is 0 Å². The van der Waals surface area contributed by atoms with Gasteiger partial charge >= 0.3 is 6.18 Å². The summed E-state index contributed by atoms with van der Waals surface area (Å²) >= 11 is 0. The van der Waals surface area contributed by atoms with Crippen molar-refractivity contribution in [3.63, 3.8) is 0 Å². The molecule has 1 unspecified atom stereocenters. The van der Waals surface area contributed by atoms with Crippen LogP contribution in [0.2, 0.25) is 0 Å². The van der Waals surface area contributed by atoms with Gasteiger partial charge in [-0.05, 0) is 13.5 Å². The molecule has 1 N–H and O–H groups in total. The number of alkyl halides is 3. The molecule has 0 aliphatic heterocycles. The van der Waals surface area contributed by atoms with Crippen LogP contribution >= 0.6 is 0 Å². The molecule has 1 heterocycles. The van der Waals surface area contributed by atoms with E-state index in [4.69, 9.17) is 4.74 Å². The number of nitrogens with zero attached hydrogens (tertiary/aromatic N) is 2. The first-order valence-corrected chi connectivity index (χ1v) is 5.06. The number of ether oxygens (including phenoxy) is 1. The van der Waals surface area contributed by atoms with Gasteiger partial charge in [0.05, 0.1) is 12.8 Å². The van der Waals surface area contributed by atoms with Crippen molar-refractivity contribution in [3.8, 4) is 5.88 Å². The highest BCUT2D eigenvalue weighted by Gasteiger charge is 2.28. The van der Waals surface area contributed by atoms with Crippen molar-refractivity contribution in [2.45, 2.75) is 25.1 Å². The summed E-state index contributed by atoms with van der Waals surface area (Å²) in [4.78, 5) is 7.74. The van der Waals surface area contributed by atoms with Crippen LogP contribution in [0.3, 0.4) is 0 Å². The Labute approximate surface area is 97.2 Å². The molecule has 0 saturated heterocycles. The molecule has 0 radical (unpaired) electrons. The zero-order valence-electron chi connectivity index (χ0n) is 9.58. The highest BCUT2D eigenvalue weighted by molar-refractivity contribution is 5.16. The molecule has 96 valence electrons. The standard InChI is InChI=1S/C10H14F3N3O/c1-14-7(3-4-10(11,12)13)8-5-9(17-2)16-6-15-8/h5-7,14H,3-4H2,1-2H3. The predicted octanol–water partition coefficient (Wildman–Crippen LogP) is 2.09. The average molecular weight is 249 g/mol. The van der Waals surface area contributed by atoms with Gasteiger partial charge in [-0.1, -0.05) is 0 Å². The molecule has 1 rings (SSSR count). The summed E-state index contributed by atoms with van der Waals surface area (Å²) < 4.78 is 41.3. The van der Waals surface area contributed by atoms with E-state index in [0.717, 1.165) is 0 Å². The van der Waals surface area contributed by atoms with E-state index in [1.165, 1.54) is 19.5 Å². The van der Waals surface area contributed by atoms with Crippen LogP contribution in [0.15, 0.2) is 12.4 Å². The molecule has 17 heavy (non-hydrogen) atoms. The van der Waals surface area contributed by atoms with Crippen molar-refractivity contribution < 1.29 is 17.9 Å². The van der Waals surface area contributed by atoms with Gasteiger partial charge in [-0.2, -0.15) is 13.2 Å². The number of aromatic nitrogens is 2. The van der Waals surface area contributed by atoms with Gasteiger partial charge in [-0.25, -0.2) is 9.97 Å². The smallest absolute Gasteiger partial charge is 0.389 e.